The van der Waals surface area contributed by atoms with Gasteiger partial charge in [0.15, 0.2) is 11.5 Å². The van der Waals surface area contributed by atoms with Crippen molar-refractivity contribution in [3.05, 3.63) is 71.7 Å². The Balaban J connectivity index is 1.72. The molecule has 4 rings (SSSR count). The molecule has 2 aromatic heterocycles. The highest BCUT2D eigenvalue weighted by Gasteiger charge is 2.31. The van der Waals surface area contributed by atoms with Crippen LogP contribution in [0.1, 0.15) is 21.7 Å². The molecule has 0 fully saturated rings. The maximum Gasteiger partial charge on any atom is 0.416 e. The predicted octanol–water partition coefficient (Wildman–Crippen LogP) is 5.56. The average Bonchev–Trinajstić information content (AvgIpc) is 3.40. The molecule has 2 heterocycles. The van der Waals surface area contributed by atoms with E-state index in [9.17, 15) is 26.7 Å². The highest BCUT2D eigenvalue weighted by Crippen LogP contribution is 2.33. The lowest BCUT2D eigenvalue weighted by molar-refractivity contribution is -0.137. The van der Waals surface area contributed by atoms with E-state index in [2.05, 4.69) is 15.0 Å². The molecule has 0 radical (unpaired) electrons. The number of methoxy groups -OCH3 is 1. The molecule has 0 bridgehead atoms. The zero-order valence-electron chi connectivity index (χ0n) is 17.4. The monoisotopic (exact) mass is 481 g/mol. The minimum Gasteiger partial charge on any atom is -0.493 e. The number of rotatable bonds is 7. The van der Waals surface area contributed by atoms with Gasteiger partial charge < -0.3 is 18.5 Å². The standard InChI is InChI=1S/C22H16F5N3O4/c1-32-17-7-4-12(9-18(17)34-20(23)24)19(31)29-21-28-15-10-13(22(25,26)27)5-6-16(15)30(21)11-14-3-2-8-33-14/h2-10,20H,11H2,1H3,(H,28,29,31). The van der Waals surface area contributed by atoms with Crippen molar-refractivity contribution >= 4 is 22.9 Å². The van der Waals surface area contributed by atoms with Crippen molar-refractivity contribution in [3.63, 3.8) is 0 Å². The first-order valence-corrected chi connectivity index (χ1v) is 9.70. The van der Waals surface area contributed by atoms with Crippen LogP contribution in [0.5, 0.6) is 11.5 Å². The van der Waals surface area contributed by atoms with Gasteiger partial charge in [0.2, 0.25) is 5.95 Å². The number of benzene rings is 2. The first-order chi connectivity index (χ1) is 16.2. The number of anilines is 1. The van der Waals surface area contributed by atoms with Gasteiger partial charge >= 0.3 is 12.8 Å². The van der Waals surface area contributed by atoms with Crippen molar-refractivity contribution in [1.29, 1.82) is 0 Å². The SMILES string of the molecule is COc1ccc(C(=O)Nc2nc3cc(C(F)(F)F)ccc3n2Cc2ccco2)cc1OC(F)F. The van der Waals surface area contributed by atoms with Crippen molar-refractivity contribution in [2.45, 2.75) is 19.3 Å². The number of nitrogens with zero attached hydrogens (tertiary/aromatic N) is 2. The molecular weight excluding hydrogens is 465 g/mol. The summed E-state index contributed by atoms with van der Waals surface area (Å²) in [5.41, 5.74) is -0.655. The minimum absolute atomic E-state index is 0.00636. The van der Waals surface area contributed by atoms with Crippen molar-refractivity contribution in [3.8, 4) is 11.5 Å². The molecule has 4 aromatic rings. The molecular formula is C22H16F5N3O4. The van der Waals surface area contributed by atoms with Gasteiger partial charge in [0.05, 0.1) is 36.5 Å². The van der Waals surface area contributed by atoms with Gasteiger partial charge in [-0.1, -0.05) is 0 Å². The lowest BCUT2D eigenvalue weighted by atomic mass is 10.2. The number of ether oxygens (including phenoxy) is 2. The molecule has 0 unspecified atom stereocenters. The fourth-order valence-corrected chi connectivity index (χ4v) is 3.30. The third-order valence-corrected chi connectivity index (χ3v) is 4.84. The molecule has 1 N–H and O–H groups in total. The largest absolute Gasteiger partial charge is 0.493 e. The Kier molecular flexibility index (Phi) is 6.14. The average molecular weight is 481 g/mol. The van der Waals surface area contributed by atoms with Gasteiger partial charge in [0.1, 0.15) is 5.76 Å². The van der Waals surface area contributed by atoms with E-state index < -0.39 is 24.3 Å². The molecule has 0 aliphatic carbocycles. The van der Waals surface area contributed by atoms with Crippen LogP contribution in [0.2, 0.25) is 0 Å². The lowest BCUT2D eigenvalue weighted by Crippen LogP contribution is -2.17. The van der Waals surface area contributed by atoms with Crippen molar-refractivity contribution in [1.82, 2.24) is 9.55 Å². The Morgan fingerprint density at radius 2 is 1.94 bits per heavy atom. The van der Waals surface area contributed by atoms with Gasteiger partial charge in [-0.2, -0.15) is 22.0 Å². The second kappa shape index (κ2) is 9.04. The number of alkyl halides is 5. The number of imidazole rings is 1. The molecule has 0 aliphatic rings. The number of hydrogen-bond donors (Lipinski definition) is 1. The Morgan fingerprint density at radius 3 is 2.59 bits per heavy atom. The van der Waals surface area contributed by atoms with Crippen LogP contribution in [0.4, 0.5) is 27.9 Å². The Morgan fingerprint density at radius 1 is 1.15 bits per heavy atom. The van der Waals surface area contributed by atoms with Crippen molar-refractivity contribution in [2.75, 3.05) is 12.4 Å². The smallest absolute Gasteiger partial charge is 0.416 e. The van der Waals surface area contributed by atoms with Crippen LogP contribution in [-0.4, -0.2) is 29.2 Å². The van der Waals surface area contributed by atoms with Crippen LogP contribution in [0.15, 0.2) is 59.2 Å². The number of aromatic nitrogens is 2. The summed E-state index contributed by atoms with van der Waals surface area (Å²) in [4.78, 5) is 17.0. The van der Waals surface area contributed by atoms with E-state index in [0.717, 1.165) is 18.2 Å². The van der Waals surface area contributed by atoms with Crippen LogP contribution < -0.4 is 14.8 Å². The van der Waals surface area contributed by atoms with Gasteiger partial charge in [-0.25, -0.2) is 4.98 Å². The third-order valence-electron chi connectivity index (χ3n) is 4.84. The molecule has 2 aromatic carbocycles. The molecule has 34 heavy (non-hydrogen) atoms. The molecule has 0 aliphatic heterocycles. The van der Waals surface area contributed by atoms with E-state index >= 15 is 0 Å². The molecule has 0 spiro atoms. The minimum atomic E-state index is -4.58. The molecule has 0 saturated heterocycles. The predicted molar refractivity (Wildman–Crippen MR) is 110 cm³/mol. The molecule has 1 amide bonds. The summed E-state index contributed by atoms with van der Waals surface area (Å²) >= 11 is 0. The summed E-state index contributed by atoms with van der Waals surface area (Å²) in [5.74, 6) is -0.728. The maximum atomic E-state index is 13.2. The summed E-state index contributed by atoms with van der Waals surface area (Å²) in [6.07, 6.45) is -3.15. The Labute approximate surface area is 188 Å². The van der Waals surface area contributed by atoms with Crippen LogP contribution in [0.25, 0.3) is 11.0 Å². The number of hydrogen-bond acceptors (Lipinski definition) is 5. The first kappa shape index (κ1) is 23.1. The van der Waals surface area contributed by atoms with Crippen LogP contribution >= 0.6 is 0 Å². The van der Waals surface area contributed by atoms with E-state index in [4.69, 9.17) is 9.15 Å². The van der Waals surface area contributed by atoms with Crippen LogP contribution in [0, 0.1) is 0 Å². The quantitative estimate of drug-likeness (QED) is 0.350. The van der Waals surface area contributed by atoms with Crippen molar-refractivity contribution < 1.29 is 40.6 Å². The second-order valence-corrected chi connectivity index (χ2v) is 7.00. The van der Waals surface area contributed by atoms with Crippen LogP contribution in [-0.2, 0) is 12.7 Å². The summed E-state index contributed by atoms with van der Waals surface area (Å²) in [6, 6.07) is 9.95. The van der Waals surface area contributed by atoms with E-state index in [1.54, 1.807) is 12.1 Å². The fraction of sp³-hybridized carbons (Fsp3) is 0.182. The highest BCUT2D eigenvalue weighted by atomic mass is 19.4. The molecule has 0 atom stereocenters. The summed E-state index contributed by atoms with van der Waals surface area (Å²) < 4.78 is 81.0. The van der Waals surface area contributed by atoms with Gasteiger partial charge in [0, 0.05) is 5.56 Å². The highest BCUT2D eigenvalue weighted by molar-refractivity contribution is 6.04. The maximum absolute atomic E-state index is 13.2. The topological polar surface area (TPSA) is 78.5 Å². The third kappa shape index (κ3) is 4.80. The Hall–Kier alpha value is -4.09. The fourth-order valence-electron chi connectivity index (χ4n) is 3.30. The number of halogens is 5. The summed E-state index contributed by atoms with van der Waals surface area (Å²) in [5, 5.41) is 2.51. The van der Waals surface area contributed by atoms with Gasteiger partial charge in [-0.3, -0.25) is 10.1 Å². The van der Waals surface area contributed by atoms with E-state index in [1.807, 2.05) is 0 Å². The number of furan rings is 1. The van der Waals surface area contributed by atoms with Crippen molar-refractivity contribution in [2.24, 2.45) is 0 Å². The molecule has 0 saturated carbocycles. The number of carbonyl (C=O) groups is 1. The van der Waals surface area contributed by atoms with Crippen LogP contribution in [0.3, 0.4) is 0 Å². The number of fused-ring (bicyclic) bond motifs is 1. The van der Waals surface area contributed by atoms with Gasteiger partial charge in [-0.15, -0.1) is 0 Å². The zero-order chi connectivity index (χ0) is 24.5. The Bertz CT molecular complexity index is 1320. The summed E-state index contributed by atoms with van der Waals surface area (Å²) in [7, 11) is 1.25. The lowest BCUT2D eigenvalue weighted by Gasteiger charge is -2.12. The number of carbonyl (C=O) groups excluding carboxylic acids is 1. The zero-order valence-corrected chi connectivity index (χ0v) is 17.4. The van der Waals surface area contributed by atoms with Gasteiger partial charge in [-0.05, 0) is 48.5 Å². The molecule has 7 nitrogen and oxygen atoms in total. The molecule has 12 heteroatoms. The van der Waals surface area contributed by atoms with E-state index in [1.165, 1.54) is 36.1 Å². The van der Waals surface area contributed by atoms with E-state index in [-0.39, 0.29) is 35.1 Å². The first-order valence-electron chi connectivity index (χ1n) is 9.70. The number of amides is 1. The second-order valence-electron chi connectivity index (χ2n) is 7.00. The number of nitrogens with one attached hydrogen (secondary N) is 1. The summed E-state index contributed by atoms with van der Waals surface area (Å²) in [6.45, 7) is -3.08. The van der Waals surface area contributed by atoms with E-state index in [0.29, 0.717) is 11.3 Å². The van der Waals surface area contributed by atoms with Gasteiger partial charge in [0.25, 0.3) is 5.91 Å². The molecule has 178 valence electrons. The normalized spacial score (nSPS) is 11.7.